The summed E-state index contributed by atoms with van der Waals surface area (Å²) in [6.07, 6.45) is 2.79. The van der Waals surface area contributed by atoms with E-state index in [1.165, 1.54) is 22.3 Å². The van der Waals surface area contributed by atoms with E-state index in [4.69, 9.17) is 16.7 Å². The summed E-state index contributed by atoms with van der Waals surface area (Å²) in [4.78, 5) is 21.3. The zero-order valence-corrected chi connectivity index (χ0v) is 28.6. The number of aliphatic hydroxyl groups is 1. The highest BCUT2D eigenvalue weighted by atomic mass is 35.5. The molecule has 0 radical (unpaired) electrons. The van der Waals surface area contributed by atoms with Gasteiger partial charge in [0.2, 0.25) is 0 Å². The monoisotopic (exact) mass is 630 g/mol. The second-order valence-electron chi connectivity index (χ2n) is 14.2. The molecule has 0 saturated carbocycles. The summed E-state index contributed by atoms with van der Waals surface area (Å²) in [6.45, 7) is 17.9. The average molecular weight is 631 g/mol. The van der Waals surface area contributed by atoms with E-state index < -0.39 is 11.6 Å². The minimum absolute atomic E-state index is 0.117. The van der Waals surface area contributed by atoms with Crippen LogP contribution in [0.25, 0.3) is 11.1 Å². The van der Waals surface area contributed by atoms with Gasteiger partial charge in [0, 0.05) is 54.6 Å². The van der Waals surface area contributed by atoms with Crippen molar-refractivity contribution in [1.82, 2.24) is 9.88 Å². The smallest absolute Gasteiger partial charge is 0.307 e. The Morgan fingerprint density at radius 2 is 1.73 bits per heavy atom. The van der Waals surface area contributed by atoms with Crippen molar-refractivity contribution in [3.63, 3.8) is 0 Å². The number of anilines is 1. The van der Waals surface area contributed by atoms with Crippen LogP contribution in [0, 0.1) is 30.6 Å². The van der Waals surface area contributed by atoms with Crippen LogP contribution in [-0.2, 0) is 30.7 Å². The number of carboxylic acid groups (broad SMARTS) is 1. The van der Waals surface area contributed by atoms with Gasteiger partial charge in [0.1, 0.15) is 6.07 Å². The number of hydrogen-bond donors (Lipinski definition) is 2. The second kappa shape index (κ2) is 13.9. The van der Waals surface area contributed by atoms with Crippen LogP contribution < -0.4 is 4.90 Å². The number of nitriles is 1. The van der Waals surface area contributed by atoms with Gasteiger partial charge in [0.25, 0.3) is 0 Å². The zero-order valence-electron chi connectivity index (χ0n) is 27.8. The summed E-state index contributed by atoms with van der Waals surface area (Å²) in [5, 5.41) is 29.3. The molecule has 2 aliphatic heterocycles. The quantitative estimate of drug-likeness (QED) is 0.291. The van der Waals surface area contributed by atoms with Crippen molar-refractivity contribution in [3.05, 3.63) is 80.6 Å². The van der Waals surface area contributed by atoms with Gasteiger partial charge in [-0.2, -0.15) is 5.26 Å². The van der Waals surface area contributed by atoms with Crippen molar-refractivity contribution in [2.24, 2.45) is 5.41 Å². The third-order valence-electron chi connectivity index (χ3n) is 8.66. The first kappa shape index (κ1) is 34.4. The van der Waals surface area contributed by atoms with E-state index in [0.29, 0.717) is 17.0 Å². The number of carbonyl (C=O) groups is 1. The van der Waals surface area contributed by atoms with Gasteiger partial charge in [-0.05, 0) is 93.2 Å². The molecule has 0 spiro atoms. The lowest BCUT2D eigenvalue weighted by Crippen LogP contribution is -2.38. The molecule has 8 heteroatoms. The minimum atomic E-state index is -0.890. The zero-order chi connectivity index (χ0) is 33.1. The number of piperidine rings is 1. The van der Waals surface area contributed by atoms with Gasteiger partial charge in [0.15, 0.2) is 5.69 Å². The topological polar surface area (TPSA) is 101 Å². The lowest BCUT2D eigenvalue weighted by Gasteiger charge is -2.40. The fourth-order valence-corrected chi connectivity index (χ4v) is 6.40. The van der Waals surface area contributed by atoms with E-state index in [1.807, 2.05) is 19.1 Å². The number of pyridine rings is 1. The van der Waals surface area contributed by atoms with Crippen molar-refractivity contribution in [3.8, 4) is 17.2 Å². The van der Waals surface area contributed by atoms with Crippen LogP contribution in [0.2, 0.25) is 5.02 Å². The van der Waals surface area contributed by atoms with Crippen molar-refractivity contribution in [1.29, 1.82) is 5.26 Å². The van der Waals surface area contributed by atoms with Gasteiger partial charge in [-0.1, -0.05) is 55.8 Å². The largest absolute Gasteiger partial charge is 0.481 e. The van der Waals surface area contributed by atoms with E-state index in [-0.39, 0.29) is 11.8 Å². The summed E-state index contributed by atoms with van der Waals surface area (Å²) in [6, 6.07) is 14.8. The number of benzene rings is 2. The third kappa shape index (κ3) is 8.85. The van der Waals surface area contributed by atoms with Crippen LogP contribution in [0.5, 0.6) is 0 Å². The van der Waals surface area contributed by atoms with Crippen molar-refractivity contribution in [2.75, 3.05) is 24.5 Å². The van der Waals surface area contributed by atoms with Gasteiger partial charge in [-0.15, -0.1) is 0 Å². The molecule has 2 aliphatic rings. The summed E-state index contributed by atoms with van der Waals surface area (Å²) in [5.41, 5.74) is 8.90. The summed E-state index contributed by atoms with van der Waals surface area (Å²) < 4.78 is 0. The standard InChI is InChI=1S/C33H37ClN4O2.C4H10O/c1-21-6-5-7-28(34)27(21)20-37-13-10-23-16-24(8-9-25(23)19-37)31-29(18-35)36-22(2)26(17-30(39)40)32(31)38-14-11-33(3,4)12-15-38;1-4(2,3)5/h5-9,16H,10-15,17,19-20H2,1-4H3,(H,39,40);5H,1-3H3. The summed E-state index contributed by atoms with van der Waals surface area (Å²) >= 11 is 6.52. The minimum Gasteiger partial charge on any atom is -0.481 e. The van der Waals surface area contributed by atoms with E-state index in [0.717, 1.165) is 73.8 Å². The Balaban J connectivity index is 0.000000854. The number of aryl methyl sites for hydroxylation is 2. The number of aromatic nitrogens is 1. The maximum absolute atomic E-state index is 11.9. The predicted octanol–water partition coefficient (Wildman–Crippen LogP) is 7.48. The molecular formula is C37H47ClN4O3. The third-order valence-corrected chi connectivity index (χ3v) is 9.02. The fraction of sp³-hybridized carbons (Fsp3) is 0.486. The molecule has 3 heterocycles. The molecule has 1 saturated heterocycles. The van der Waals surface area contributed by atoms with Crippen molar-refractivity contribution < 1.29 is 15.0 Å². The van der Waals surface area contributed by atoms with Gasteiger partial charge >= 0.3 is 5.97 Å². The normalized spacial score (nSPS) is 16.3. The Morgan fingerprint density at radius 3 is 2.33 bits per heavy atom. The molecule has 7 nitrogen and oxygen atoms in total. The maximum atomic E-state index is 11.9. The molecule has 0 unspecified atom stereocenters. The number of halogens is 1. The molecule has 240 valence electrons. The van der Waals surface area contributed by atoms with E-state index in [2.05, 4.69) is 65.9 Å². The molecule has 45 heavy (non-hydrogen) atoms. The van der Waals surface area contributed by atoms with E-state index in [9.17, 15) is 15.2 Å². The number of rotatable bonds is 6. The molecular weight excluding hydrogens is 584 g/mol. The van der Waals surface area contributed by atoms with E-state index >= 15 is 0 Å². The van der Waals surface area contributed by atoms with Crippen LogP contribution in [0.3, 0.4) is 0 Å². The highest BCUT2D eigenvalue weighted by Gasteiger charge is 2.31. The molecule has 2 N–H and O–H groups in total. The Morgan fingerprint density at radius 1 is 1.07 bits per heavy atom. The number of nitrogens with zero attached hydrogens (tertiary/aromatic N) is 4. The second-order valence-corrected chi connectivity index (χ2v) is 14.6. The van der Waals surface area contributed by atoms with Gasteiger partial charge < -0.3 is 15.1 Å². The molecule has 0 amide bonds. The lowest BCUT2D eigenvalue weighted by atomic mass is 9.81. The van der Waals surface area contributed by atoms with Crippen LogP contribution >= 0.6 is 11.6 Å². The van der Waals surface area contributed by atoms with Crippen LogP contribution in [0.15, 0.2) is 36.4 Å². The summed E-state index contributed by atoms with van der Waals surface area (Å²) in [5.74, 6) is -0.890. The SMILES string of the molecule is CC(C)(C)O.Cc1cccc(Cl)c1CN1CCc2cc(-c3c(C#N)nc(C)c(CC(=O)O)c3N3CCC(C)(C)CC3)ccc2C1. The van der Waals surface area contributed by atoms with Crippen LogP contribution in [0.1, 0.15) is 86.7 Å². The predicted molar refractivity (Wildman–Crippen MR) is 182 cm³/mol. The number of fused-ring (bicyclic) bond motifs is 1. The van der Waals surface area contributed by atoms with Crippen molar-refractivity contribution in [2.45, 2.75) is 92.8 Å². The molecule has 0 atom stereocenters. The number of hydrogen-bond acceptors (Lipinski definition) is 6. The maximum Gasteiger partial charge on any atom is 0.307 e. The Labute approximate surface area is 273 Å². The van der Waals surface area contributed by atoms with Gasteiger partial charge in [0.05, 0.1) is 17.7 Å². The first-order valence-corrected chi connectivity index (χ1v) is 16.2. The van der Waals surface area contributed by atoms with Crippen LogP contribution in [-0.4, -0.2) is 51.3 Å². The Hall–Kier alpha value is -3.44. The Kier molecular flexibility index (Phi) is 10.6. The number of aliphatic carboxylic acids is 1. The molecule has 1 fully saturated rings. The Bertz CT molecular complexity index is 1570. The van der Waals surface area contributed by atoms with Crippen LogP contribution in [0.4, 0.5) is 5.69 Å². The molecule has 0 aliphatic carbocycles. The molecule has 3 aromatic rings. The highest BCUT2D eigenvalue weighted by Crippen LogP contribution is 2.42. The highest BCUT2D eigenvalue weighted by molar-refractivity contribution is 6.31. The van der Waals surface area contributed by atoms with Gasteiger partial charge in [-0.25, -0.2) is 4.98 Å². The fourth-order valence-electron chi connectivity index (χ4n) is 6.12. The molecule has 1 aromatic heterocycles. The summed E-state index contributed by atoms with van der Waals surface area (Å²) in [7, 11) is 0. The first-order valence-electron chi connectivity index (χ1n) is 15.8. The molecule has 0 bridgehead atoms. The van der Waals surface area contributed by atoms with Crippen molar-refractivity contribution >= 4 is 23.3 Å². The molecule has 5 rings (SSSR count). The number of carboxylic acids is 1. The average Bonchev–Trinajstić information content (AvgIpc) is 2.94. The lowest BCUT2D eigenvalue weighted by molar-refractivity contribution is -0.136. The first-order chi connectivity index (χ1) is 21.1. The molecule has 2 aromatic carbocycles. The van der Waals surface area contributed by atoms with Gasteiger partial charge in [-0.3, -0.25) is 9.69 Å². The van der Waals surface area contributed by atoms with E-state index in [1.54, 1.807) is 20.8 Å².